The van der Waals surface area contributed by atoms with E-state index < -0.39 is 0 Å². The molecule has 0 unspecified atom stereocenters. The molecule has 0 aliphatic heterocycles. The Morgan fingerprint density at radius 3 is 2.73 bits per heavy atom. The molecule has 1 rings (SSSR count). The lowest BCUT2D eigenvalue weighted by Gasteiger charge is -1.99. The third-order valence-corrected chi connectivity index (χ3v) is 2.43. The molecule has 0 fully saturated rings. The van der Waals surface area contributed by atoms with Crippen LogP contribution in [0.3, 0.4) is 0 Å². The van der Waals surface area contributed by atoms with E-state index in [1.54, 1.807) is 6.92 Å². The van der Waals surface area contributed by atoms with Crippen LogP contribution in [0, 0.1) is 24.1 Å². The van der Waals surface area contributed by atoms with Gasteiger partial charge in [-0.3, -0.25) is 0 Å². The van der Waals surface area contributed by atoms with E-state index in [0.717, 1.165) is 0 Å². The van der Waals surface area contributed by atoms with Crippen molar-refractivity contribution in [2.45, 2.75) is 6.92 Å². The fourth-order valence-electron chi connectivity index (χ4n) is 0.773. The molecule has 1 nitrogen and oxygen atoms in total. The Balaban J connectivity index is 3.40. The number of benzene rings is 1. The minimum atomic E-state index is -0.332. The third-order valence-electron chi connectivity index (χ3n) is 1.46. The molecule has 0 saturated carbocycles. The Morgan fingerprint density at radius 1 is 1.55 bits per heavy atom. The molecule has 0 aromatic heterocycles. The van der Waals surface area contributed by atoms with Crippen LogP contribution in [0.15, 0.2) is 16.6 Å². The van der Waals surface area contributed by atoms with Crippen LogP contribution in [0.4, 0.5) is 4.39 Å². The zero-order chi connectivity index (χ0) is 8.43. The van der Waals surface area contributed by atoms with Gasteiger partial charge in [-0.1, -0.05) is 0 Å². The van der Waals surface area contributed by atoms with E-state index in [0.29, 0.717) is 15.6 Å². The Bertz CT molecular complexity index is 328. The number of halogens is 2. The van der Waals surface area contributed by atoms with Gasteiger partial charge in [-0.05, 0) is 40.5 Å². The fourth-order valence-corrected chi connectivity index (χ4v) is 1.12. The molecule has 0 radical (unpaired) electrons. The molecule has 1 aromatic rings. The summed E-state index contributed by atoms with van der Waals surface area (Å²) in [7, 11) is 0. The number of hydrogen-bond acceptors (Lipinski definition) is 1. The highest BCUT2D eigenvalue weighted by molar-refractivity contribution is 9.10. The maximum Gasteiger partial charge on any atom is 0.137 e. The van der Waals surface area contributed by atoms with E-state index in [4.69, 9.17) is 5.26 Å². The van der Waals surface area contributed by atoms with E-state index in [-0.39, 0.29) is 5.82 Å². The monoisotopic (exact) mass is 213 g/mol. The van der Waals surface area contributed by atoms with Gasteiger partial charge in [0.1, 0.15) is 5.82 Å². The second-order valence-corrected chi connectivity index (χ2v) is 2.94. The molecule has 11 heavy (non-hydrogen) atoms. The summed E-state index contributed by atoms with van der Waals surface area (Å²) in [6.07, 6.45) is 0. The van der Waals surface area contributed by atoms with Gasteiger partial charge in [0.2, 0.25) is 0 Å². The van der Waals surface area contributed by atoms with Crippen molar-refractivity contribution in [1.29, 1.82) is 5.26 Å². The van der Waals surface area contributed by atoms with Crippen molar-refractivity contribution >= 4 is 15.9 Å². The Hall–Kier alpha value is -0.880. The van der Waals surface area contributed by atoms with Gasteiger partial charge in [0.25, 0.3) is 0 Å². The molecule has 0 heterocycles. The van der Waals surface area contributed by atoms with Gasteiger partial charge < -0.3 is 0 Å². The largest absolute Gasteiger partial charge is 0.206 e. The van der Waals surface area contributed by atoms with Crippen molar-refractivity contribution in [2.24, 2.45) is 0 Å². The van der Waals surface area contributed by atoms with E-state index in [2.05, 4.69) is 15.9 Å². The smallest absolute Gasteiger partial charge is 0.137 e. The number of hydrogen-bond donors (Lipinski definition) is 0. The highest BCUT2D eigenvalue weighted by Crippen LogP contribution is 2.22. The third kappa shape index (κ3) is 1.41. The zero-order valence-electron chi connectivity index (χ0n) is 5.86. The van der Waals surface area contributed by atoms with E-state index in [1.807, 2.05) is 6.07 Å². The van der Waals surface area contributed by atoms with Crippen LogP contribution in [0.2, 0.25) is 0 Å². The molecule has 0 aliphatic rings. The van der Waals surface area contributed by atoms with Crippen LogP contribution < -0.4 is 0 Å². The van der Waals surface area contributed by atoms with Crippen molar-refractivity contribution in [3.05, 3.63) is 33.5 Å². The first-order valence-electron chi connectivity index (χ1n) is 3.01. The summed E-state index contributed by atoms with van der Waals surface area (Å²) in [5, 5.41) is 8.54. The maximum absolute atomic E-state index is 12.7. The van der Waals surface area contributed by atoms with Crippen LogP contribution in [0.1, 0.15) is 11.1 Å². The lowest BCUT2D eigenvalue weighted by molar-refractivity contribution is 0.619. The lowest BCUT2D eigenvalue weighted by atomic mass is 10.1. The molecule has 0 spiro atoms. The molecule has 3 heteroatoms. The highest BCUT2D eigenvalue weighted by atomic mass is 79.9. The summed E-state index contributed by atoms with van der Waals surface area (Å²) in [4.78, 5) is 0. The maximum atomic E-state index is 12.7. The molecule has 0 bridgehead atoms. The SMILES string of the molecule is Cc1c(C#N)ccc(F)c1Br. The van der Waals surface area contributed by atoms with Gasteiger partial charge in [0, 0.05) is 0 Å². The van der Waals surface area contributed by atoms with Crippen molar-refractivity contribution < 1.29 is 4.39 Å². The Labute approximate surface area is 72.6 Å². The van der Waals surface area contributed by atoms with Crippen molar-refractivity contribution in [3.8, 4) is 6.07 Å². The van der Waals surface area contributed by atoms with Crippen molar-refractivity contribution in [1.82, 2.24) is 0 Å². The summed E-state index contributed by atoms with van der Waals surface area (Å²) in [5.74, 6) is -0.332. The molecule has 56 valence electrons. The summed E-state index contributed by atoms with van der Waals surface area (Å²) >= 11 is 3.04. The minimum absolute atomic E-state index is 0.332. The summed E-state index contributed by atoms with van der Waals surface area (Å²) < 4.78 is 13.1. The van der Waals surface area contributed by atoms with E-state index in [9.17, 15) is 4.39 Å². The van der Waals surface area contributed by atoms with Gasteiger partial charge >= 0.3 is 0 Å². The second-order valence-electron chi connectivity index (χ2n) is 2.15. The normalized spacial score (nSPS) is 9.27. The van der Waals surface area contributed by atoms with Crippen molar-refractivity contribution in [3.63, 3.8) is 0 Å². The van der Waals surface area contributed by atoms with Crippen LogP contribution in [-0.4, -0.2) is 0 Å². The second kappa shape index (κ2) is 3.02. The Kier molecular flexibility index (Phi) is 2.25. The first-order chi connectivity index (χ1) is 5.16. The zero-order valence-corrected chi connectivity index (χ0v) is 7.44. The molecular weight excluding hydrogens is 209 g/mol. The molecule has 0 atom stereocenters. The average molecular weight is 214 g/mol. The van der Waals surface area contributed by atoms with Gasteiger partial charge in [0.05, 0.1) is 16.1 Å². The number of rotatable bonds is 0. The van der Waals surface area contributed by atoms with Gasteiger partial charge in [-0.25, -0.2) is 4.39 Å². The highest BCUT2D eigenvalue weighted by Gasteiger charge is 2.05. The van der Waals surface area contributed by atoms with Crippen molar-refractivity contribution in [2.75, 3.05) is 0 Å². The van der Waals surface area contributed by atoms with E-state index in [1.165, 1.54) is 12.1 Å². The fraction of sp³-hybridized carbons (Fsp3) is 0.125. The van der Waals surface area contributed by atoms with Gasteiger partial charge in [-0.15, -0.1) is 0 Å². The summed E-state index contributed by atoms with van der Waals surface area (Å²) in [6.45, 7) is 1.70. The molecule has 1 aromatic carbocycles. The Morgan fingerprint density at radius 2 is 2.18 bits per heavy atom. The van der Waals surface area contributed by atoms with Crippen LogP contribution in [0.25, 0.3) is 0 Å². The first kappa shape index (κ1) is 8.22. The number of nitriles is 1. The predicted octanol–water partition coefficient (Wildman–Crippen LogP) is 2.77. The average Bonchev–Trinajstić information content (AvgIpc) is 2.01. The predicted molar refractivity (Wildman–Crippen MR) is 43.6 cm³/mol. The molecule has 0 saturated heterocycles. The molecular formula is C8H5BrFN. The van der Waals surface area contributed by atoms with Gasteiger partial charge in [0.15, 0.2) is 0 Å². The van der Waals surface area contributed by atoms with E-state index >= 15 is 0 Å². The van der Waals surface area contributed by atoms with Crippen LogP contribution in [0.5, 0.6) is 0 Å². The number of nitrogens with zero attached hydrogens (tertiary/aromatic N) is 1. The molecule has 0 N–H and O–H groups in total. The quantitative estimate of drug-likeness (QED) is 0.651. The first-order valence-corrected chi connectivity index (χ1v) is 3.81. The standard InChI is InChI=1S/C8H5BrFN/c1-5-6(4-11)2-3-7(10)8(5)9/h2-3H,1H3. The summed E-state index contributed by atoms with van der Waals surface area (Å²) in [5.41, 5.74) is 1.14. The minimum Gasteiger partial charge on any atom is -0.206 e. The topological polar surface area (TPSA) is 23.8 Å². The van der Waals surface area contributed by atoms with Crippen LogP contribution in [-0.2, 0) is 0 Å². The lowest BCUT2D eigenvalue weighted by Crippen LogP contribution is -1.86. The van der Waals surface area contributed by atoms with Crippen LogP contribution >= 0.6 is 15.9 Å². The summed E-state index contributed by atoms with van der Waals surface area (Å²) in [6, 6.07) is 4.71. The van der Waals surface area contributed by atoms with Gasteiger partial charge in [-0.2, -0.15) is 5.26 Å². The molecule has 0 amide bonds. The molecule has 0 aliphatic carbocycles.